The summed E-state index contributed by atoms with van der Waals surface area (Å²) in [6.45, 7) is 0. The molecule has 1 aromatic heterocycles. The van der Waals surface area contributed by atoms with Crippen LogP contribution in [0.15, 0.2) is 206 Å². The summed E-state index contributed by atoms with van der Waals surface area (Å²) >= 11 is 0. The smallest absolute Gasteiger partial charge is 0.0542 e. The van der Waals surface area contributed by atoms with Gasteiger partial charge in [0.2, 0.25) is 0 Å². The average molecular weight is 663 g/mol. The predicted octanol–water partition coefficient (Wildman–Crippen LogP) is 13.9. The summed E-state index contributed by atoms with van der Waals surface area (Å²) in [7, 11) is 0. The largest absolute Gasteiger partial charge is 0.310 e. The van der Waals surface area contributed by atoms with E-state index in [9.17, 15) is 0 Å². The fourth-order valence-corrected chi connectivity index (χ4v) is 7.78. The van der Waals surface area contributed by atoms with Gasteiger partial charge in [0.15, 0.2) is 0 Å². The van der Waals surface area contributed by atoms with E-state index < -0.39 is 0 Å². The Bertz CT molecular complexity index is 2900. The molecule has 0 aliphatic heterocycles. The van der Waals surface area contributed by atoms with Gasteiger partial charge in [0, 0.05) is 33.5 Å². The zero-order valence-corrected chi connectivity index (χ0v) is 28.5. The molecule has 9 aromatic carbocycles. The third-order valence-electron chi connectivity index (χ3n) is 10.3. The summed E-state index contributed by atoms with van der Waals surface area (Å²) in [5.74, 6) is 0. The van der Waals surface area contributed by atoms with E-state index in [4.69, 9.17) is 0 Å². The standard InChI is InChI=1S/C50H34N2/c1-3-15-43(16-4-1)51(46-28-29-50-48(34-46)47-20-9-10-21-49(47)52(50)44-17-5-2-6-18-44)45-19-11-14-37(33-45)38-24-25-42-32-41(27-26-40(42)31-38)39-23-22-35-12-7-8-13-36(35)30-39/h1-34H. The Morgan fingerprint density at radius 3 is 1.54 bits per heavy atom. The number of hydrogen-bond acceptors (Lipinski definition) is 1. The highest BCUT2D eigenvalue weighted by atomic mass is 15.1. The highest BCUT2D eigenvalue weighted by molar-refractivity contribution is 6.10. The fourth-order valence-electron chi connectivity index (χ4n) is 7.78. The van der Waals surface area contributed by atoms with Gasteiger partial charge >= 0.3 is 0 Å². The molecule has 0 N–H and O–H groups in total. The Labute approximate surface area is 303 Å². The third-order valence-corrected chi connectivity index (χ3v) is 10.3. The molecule has 0 bridgehead atoms. The van der Waals surface area contributed by atoms with E-state index in [1.165, 1.54) is 65.6 Å². The lowest BCUT2D eigenvalue weighted by molar-refractivity contribution is 1.18. The fraction of sp³-hybridized carbons (Fsp3) is 0. The normalized spacial score (nSPS) is 11.5. The van der Waals surface area contributed by atoms with Gasteiger partial charge in [0.05, 0.1) is 11.0 Å². The van der Waals surface area contributed by atoms with Crippen molar-refractivity contribution < 1.29 is 0 Å². The lowest BCUT2D eigenvalue weighted by atomic mass is 9.96. The number of benzene rings is 9. The van der Waals surface area contributed by atoms with Gasteiger partial charge < -0.3 is 9.47 Å². The molecule has 52 heavy (non-hydrogen) atoms. The molecule has 0 unspecified atom stereocenters. The van der Waals surface area contributed by atoms with Gasteiger partial charge in [-0.1, -0.05) is 127 Å². The van der Waals surface area contributed by atoms with Crippen LogP contribution in [0.4, 0.5) is 17.1 Å². The van der Waals surface area contributed by atoms with Crippen LogP contribution in [0, 0.1) is 0 Å². The Morgan fingerprint density at radius 2 is 0.808 bits per heavy atom. The second kappa shape index (κ2) is 12.5. The maximum atomic E-state index is 2.37. The molecule has 0 fully saturated rings. The summed E-state index contributed by atoms with van der Waals surface area (Å²) in [5.41, 5.74) is 11.8. The molecule has 2 nitrogen and oxygen atoms in total. The van der Waals surface area contributed by atoms with Crippen molar-refractivity contribution in [2.45, 2.75) is 0 Å². The topological polar surface area (TPSA) is 8.17 Å². The molecular weight excluding hydrogens is 629 g/mol. The predicted molar refractivity (Wildman–Crippen MR) is 221 cm³/mol. The maximum absolute atomic E-state index is 2.37. The molecule has 10 aromatic rings. The van der Waals surface area contributed by atoms with E-state index in [1.54, 1.807) is 0 Å². The molecule has 0 radical (unpaired) electrons. The molecule has 0 saturated heterocycles. The third kappa shape index (κ3) is 5.21. The van der Waals surface area contributed by atoms with Crippen molar-refractivity contribution in [3.63, 3.8) is 0 Å². The quantitative estimate of drug-likeness (QED) is 0.172. The highest BCUT2D eigenvalue weighted by Gasteiger charge is 2.18. The first kappa shape index (κ1) is 30.0. The first-order valence-corrected chi connectivity index (χ1v) is 17.8. The Hall–Kier alpha value is -6.90. The first-order chi connectivity index (χ1) is 25.8. The molecule has 244 valence electrons. The van der Waals surface area contributed by atoms with Crippen LogP contribution < -0.4 is 4.90 Å². The monoisotopic (exact) mass is 662 g/mol. The van der Waals surface area contributed by atoms with Crippen LogP contribution >= 0.6 is 0 Å². The number of rotatable bonds is 6. The number of fused-ring (bicyclic) bond motifs is 5. The minimum Gasteiger partial charge on any atom is -0.310 e. The van der Waals surface area contributed by atoms with Crippen LogP contribution in [0.5, 0.6) is 0 Å². The Morgan fingerprint density at radius 1 is 0.288 bits per heavy atom. The van der Waals surface area contributed by atoms with E-state index in [0.717, 1.165) is 22.7 Å². The minimum absolute atomic E-state index is 1.11. The van der Waals surface area contributed by atoms with E-state index in [1.807, 2.05) is 0 Å². The second-order valence-corrected chi connectivity index (χ2v) is 13.4. The zero-order valence-electron chi connectivity index (χ0n) is 28.5. The summed E-state index contributed by atoms with van der Waals surface area (Å²) in [6, 6.07) is 74.7. The zero-order chi connectivity index (χ0) is 34.4. The maximum Gasteiger partial charge on any atom is 0.0542 e. The van der Waals surface area contributed by atoms with Gasteiger partial charge in [-0.05, 0) is 123 Å². The van der Waals surface area contributed by atoms with Crippen molar-refractivity contribution >= 4 is 60.4 Å². The highest BCUT2D eigenvalue weighted by Crippen LogP contribution is 2.41. The van der Waals surface area contributed by atoms with Crippen molar-refractivity contribution in [3.05, 3.63) is 206 Å². The van der Waals surface area contributed by atoms with E-state index in [2.05, 4.69) is 216 Å². The van der Waals surface area contributed by atoms with Crippen LogP contribution in [0.2, 0.25) is 0 Å². The molecular formula is C50H34N2. The lowest BCUT2D eigenvalue weighted by Crippen LogP contribution is -2.09. The average Bonchev–Trinajstić information content (AvgIpc) is 3.55. The van der Waals surface area contributed by atoms with Crippen molar-refractivity contribution in [1.29, 1.82) is 0 Å². The molecule has 0 aliphatic rings. The molecule has 0 amide bonds. The summed E-state index contributed by atoms with van der Waals surface area (Å²) < 4.78 is 2.37. The van der Waals surface area contributed by atoms with Gasteiger partial charge in [-0.2, -0.15) is 0 Å². The molecule has 1 heterocycles. The van der Waals surface area contributed by atoms with Crippen LogP contribution in [0.25, 0.3) is 71.3 Å². The Balaban J connectivity index is 1.05. The van der Waals surface area contributed by atoms with Crippen molar-refractivity contribution in [2.75, 3.05) is 4.90 Å². The van der Waals surface area contributed by atoms with Gasteiger partial charge in [-0.15, -0.1) is 0 Å². The molecule has 0 spiro atoms. The molecule has 0 aliphatic carbocycles. The van der Waals surface area contributed by atoms with Crippen LogP contribution in [0.1, 0.15) is 0 Å². The van der Waals surface area contributed by atoms with Crippen LogP contribution in [-0.2, 0) is 0 Å². The molecule has 10 rings (SSSR count). The summed E-state index contributed by atoms with van der Waals surface area (Å²) in [4.78, 5) is 2.37. The van der Waals surface area contributed by atoms with Crippen molar-refractivity contribution in [1.82, 2.24) is 4.57 Å². The van der Waals surface area contributed by atoms with E-state index >= 15 is 0 Å². The number of hydrogen-bond donors (Lipinski definition) is 0. The van der Waals surface area contributed by atoms with Gasteiger partial charge in [0.1, 0.15) is 0 Å². The number of nitrogens with zero attached hydrogens (tertiary/aromatic N) is 2. The van der Waals surface area contributed by atoms with Crippen LogP contribution in [0.3, 0.4) is 0 Å². The van der Waals surface area contributed by atoms with E-state index in [0.29, 0.717) is 0 Å². The lowest BCUT2D eigenvalue weighted by Gasteiger charge is -2.26. The summed E-state index contributed by atoms with van der Waals surface area (Å²) in [5, 5.41) is 7.46. The second-order valence-electron chi connectivity index (χ2n) is 13.4. The molecule has 0 saturated carbocycles. The van der Waals surface area contributed by atoms with Crippen molar-refractivity contribution in [3.8, 4) is 27.9 Å². The van der Waals surface area contributed by atoms with Crippen molar-refractivity contribution in [2.24, 2.45) is 0 Å². The minimum atomic E-state index is 1.11. The summed E-state index contributed by atoms with van der Waals surface area (Å²) in [6.07, 6.45) is 0. The Kier molecular flexibility index (Phi) is 7.18. The van der Waals surface area contributed by atoms with Gasteiger partial charge in [-0.3, -0.25) is 0 Å². The van der Waals surface area contributed by atoms with Gasteiger partial charge in [0.25, 0.3) is 0 Å². The van der Waals surface area contributed by atoms with Gasteiger partial charge in [-0.25, -0.2) is 0 Å². The van der Waals surface area contributed by atoms with E-state index in [-0.39, 0.29) is 0 Å². The molecule has 2 heteroatoms. The SMILES string of the molecule is c1ccc(N(c2cccc(-c3ccc4cc(-c5ccc6ccccc6c5)ccc4c3)c2)c2ccc3c(c2)c2ccccc2n3-c2ccccc2)cc1. The molecule has 0 atom stereocenters. The number of anilines is 3. The number of para-hydroxylation sites is 3. The number of aromatic nitrogens is 1. The first-order valence-electron chi connectivity index (χ1n) is 17.8. The van der Waals surface area contributed by atoms with Crippen LogP contribution in [-0.4, -0.2) is 4.57 Å².